The topological polar surface area (TPSA) is 72.4 Å². The maximum absolute atomic E-state index is 13.2. The van der Waals surface area contributed by atoms with Crippen molar-refractivity contribution < 1.29 is 13.2 Å². The SMILES string of the molecule is COc1ccc(S(=O)(=O)N2CCc3ccnc(-c4ccccn4)c32)cc1. The summed E-state index contributed by atoms with van der Waals surface area (Å²) in [4.78, 5) is 8.98. The number of hydrogen-bond donors (Lipinski definition) is 0. The van der Waals surface area contributed by atoms with Gasteiger partial charge in [0.1, 0.15) is 11.4 Å². The Hall–Kier alpha value is -2.93. The van der Waals surface area contributed by atoms with Gasteiger partial charge in [-0.3, -0.25) is 14.3 Å². The number of anilines is 1. The lowest BCUT2D eigenvalue weighted by atomic mass is 10.1. The number of nitrogens with zero attached hydrogens (tertiary/aromatic N) is 3. The predicted molar refractivity (Wildman–Crippen MR) is 98.7 cm³/mol. The van der Waals surface area contributed by atoms with Crippen LogP contribution in [-0.2, 0) is 16.4 Å². The van der Waals surface area contributed by atoms with Crippen molar-refractivity contribution in [2.75, 3.05) is 18.0 Å². The Morgan fingerprint density at radius 1 is 1.00 bits per heavy atom. The first kappa shape index (κ1) is 16.5. The molecule has 0 spiro atoms. The Labute approximate surface area is 152 Å². The van der Waals surface area contributed by atoms with Crippen LogP contribution in [0.1, 0.15) is 5.56 Å². The molecule has 0 atom stereocenters. The molecule has 3 aromatic rings. The van der Waals surface area contributed by atoms with Gasteiger partial charge >= 0.3 is 0 Å². The number of hydrogen-bond acceptors (Lipinski definition) is 5. The molecule has 0 radical (unpaired) electrons. The number of pyridine rings is 2. The van der Waals surface area contributed by atoms with Crippen molar-refractivity contribution >= 4 is 15.7 Å². The average Bonchev–Trinajstić information content (AvgIpc) is 3.14. The second kappa shape index (κ2) is 6.42. The van der Waals surface area contributed by atoms with Crippen LogP contribution in [0.5, 0.6) is 5.75 Å². The summed E-state index contributed by atoms with van der Waals surface area (Å²) >= 11 is 0. The Bertz CT molecular complexity index is 1040. The van der Waals surface area contributed by atoms with Gasteiger partial charge in [0, 0.05) is 18.9 Å². The van der Waals surface area contributed by atoms with Gasteiger partial charge in [0.25, 0.3) is 10.0 Å². The van der Waals surface area contributed by atoms with E-state index in [-0.39, 0.29) is 4.90 Å². The zero-order valence-corrected chi connectivity index (χ0v) is 15.0. The summed E-state index contributed by atoms with van der Waals surface area (Å²) in [7, 11) is -2.15. The van der Waals surface area contributed by atoms with Crippen LogP contribution in [0.3, 0.4) is 0 Å². The monoisotopic (exact) mass is 367 g/mol. The van der Waals surface area contributed by atoms with E-state index in [1.807, 2.05) is 24.3 Å². The predicted octanol–water partition coefficient (Wildman–Crippen LogP) is 2.90. The van der Waals surface area contributed by atoms with Gasteiger partial charge in [-0.15, -0.1) is 0 Å². The molecule has 0 saturated carbocycles. The summed E-state index contributed by atoms with van der Waals surface area (Å²) in [5, 5.41) is 0. The number of aromatic nitrogens is 2. The van der Waals surface area contributed by atoms with Crippen LogP contribution in [0.4, 0.5) is 5.69 Å². The summed E-state index contributed by atoms with van der Waals surface area (Å²) in [6, 6.07) is 13.8. The highest BCUT2D eigenvalue weighted by Crippen LogP contribution is 2.39. The van der Waals surface area contributed by atoms with Gasteiger partial charge in [-0.05, 0) is 54.4 Å². The van der Waals surface area contributed by atoms with Crippen molar-refractivity contribution in [1.29, 1.82) is 0 Å². The Balaban J connectivity index is 1.82. The van der Waals surface area contributed by atoms with Crippen LogP contribution in [0.25, 0.3) is 11.4 Å². The molecular formula is C19H17N3O3S. The summed E-state index contributed by atoms with van der Waals surface area (Å²) in [5.74, 6) is 0.613. The van der Waals surface area contributed by atoms with Crippen LogP contribution in [0, 0.1) is 0 Å². The van der Waals surface area contributed by atoms with E-state index in [1.54, 1.807) is 43.8 Å². The minimum atomic E-state index is -3.70. The first-order chi connectivity index (χ1) is 12.6. The number of ether oxygens (including phenoxy) is 1. The number of benzene rings is 1. The second-order valence-corrected chi connectivity index (χ2v) is 7.75. The van der Waals surface area contributed by atoms with Crippen molar-refractivity contribution in [3.05, 3.63) is 66.5 Å². The summed E-state index contributed by atoms with van der Waals surface area (Å²) < 4.78 is 33.0. The molecule has 1 aromatic carbocycles. The number of methoxy groups -OCH3 is 1. The largest absolute Gasteiger partial charge is 0.497 e. The van der Waals surface area contributed by atoms with Gasteiger partial charge in [0.15, 0.2) is 0 Å². The summed E-state index contributed by atoms with van der Waals surface area (Å²) in [6.45, 7) is 0.384. The molecule has 3 heterocycles. The third-order valence-electron chi connectivity index (χ3n) is 4.40. The molecule has 7 heteroatoms. The Morgan fingerprint density at radius 2 is 1.81 bits per heavy atom. The van der Waals surface area contributed by atoms with Crippen molar-refractivity contribution in [3.63, 3.8) is 0 Å². The van der Waals surface area contributed by atoms with Crippen LogP contribution in [0.15, 0.2) is 65.8 Å². The van der Waals surface area contributed by atoms with E-state index in [1.165, 1.54) is 4.31 Å². The molecule has 0 fully saturated rings. The van der Waals surface area contributed by atoms with Gasteiger partial charge in [-0.2, -0.15) is 0 Å². The number of rotatable bonds is 4. The lowest BCUT2D eigenvalue weighted by Gasteiger charge is -2.21. The fraction of sp³-hybridized carbons (Fsp3) is 0.158. The molecule has 0 amide bonds. The van der Waals surface area contributed by atoms with Gasteiger partial charge in [-0.25, -0.2) is 8.42 Å². The molecule has 0 saturated heterocycles. The molecule has 0 unspecified atom stereocenters. The van der Waals surface area contributed by atoms with E-state index in [0.29, 0.717) is 35.8 Å². The lowest BCUT2D eigenvalue weighted by Crippen LogP contribution is -2.29. The minimum Gasteiger partial charge on any atom is -0.497 e. The zero-order valence-electron chi connectivity index (χ0n) is 14.2. The van der Waals surface area contributed by atoms with Crippen LogP contribution in [-0.4, -0.2) is 32.0 Å². The molecule has 6 nitrogen and oxygen atoms in total. The molecular weight excluding hydrogens is 350 g/mol. The Kier molecular flexibility index (Phi) is 4.08. The van der Waals surface area contributed by atoms with E-state index >= 15 is 0 Å². The van der Waals surface area contributed by atoms with Crippen molar-refractivity contribution in [2.45, 2.75) is 11.3 Å². The quantitative estimate of drug-likeness (QED) is 0.709. The zero-order chi connectivity index (χ0) is 18.1. The third-order valence-corrected chi connectivity index (χ3v) is 6.21. The van der Waals surface area contributed by atoms with Crippen LogP contribution in [0.2, 0.25) is 0 Å². The first-order valence-electron chi connectivity index (χ1n) is 8.17. The average molecular weight is 367 g/mol. The van der Waals surface area contributed by atoms with E-state index in [9.17, 15) is 8.42 Å². The molecule has 4 rings (SSSR count). The fourth-order valence-electron chi connectivity index (χ4n) is 3.11. The van der Waals surface area contributed by atoms with Crippen LogP contribution >= 0.6 is 0 Å². The van der Waals surface area contributed by atoms with E-state index in [4.69, 9.17) is 4.74 Å². The smallest absolute Gasteiger partial charge is 0.264 e. The molecule has 0 N–H and O–H groups in total. The maximum Gasteiger partial charge on any atom is 0.264 e. The molecule has 132 valence electrons. The molecule has 1 aliphatic heterocycles. The Morgan fingerprint density at radius 3 is 2.50 bits per heavy atom. The van der Waals surface area contributed by atoms with Gasteiger partial charge in [0.05, 0.1) is 23.4 Å². The number of fused-ring (bicyclic) bond motifs is 1. The minimum absolute atomic E-state index is 0.224. The van der Waals surface area contributed by atoms with Crippen LogP contribution < -0.4 is 9.04 Å². The van der Waals surface area contributed by atoms with Crippen molar-refractivity contribution in [3.8, 4) is 17.1 Å². The molecule has 0 aliphatic carbocycles. The normalized spacial score (nSPS) is 13.5. The second-order valence-electron chi connectivity index (χ2n) is 5.88. The summed E-state index contributed by atoms with van der Waals surface area (Å²) in [6.07, 6.45) is 4.02. The van der Waals surface area contributed by atoms with Crippen molar-refractivity contribution in [2.24, 2.45) is 0 Å². The van der Waals surface area contributed by atoms with Gasteiger partial charge < -0.3 is 4.74 Å². The van der Waals surface area contributed by atoms with E-state index in [0.717, 1.165) is 5.56 Å². The van der Waals surface area contributed by atoms with Gasteiger partial charge in [0.2, 0.25) is 0 Å². The highest BCUT2D eigenvalue weighted by Gasteiger charge is 2.34. The first-order valence-corrected chi connectivity index (χ1v) is 9.61. The lowest BCUT2D eigenvalue weighted by molar-refractivity contribution is 0.414. The third kappa shape index (κ3) is 2.70. The standard InChI is InChI=1S/C19H17N3O3S/c1-25-15-5-7-16(8-6-15)26(23,24)22-13-10-14-9-12-21-18(19(14)22)17-4-2-3-11-20-17/h2-9,11-12H,10,13H2,1H3. The molecule has 0 bridgehead atoms. The fourth-order valence-corrected chi connectivity index (χ4v) is 4.62. The van der Waals surface area contributed by atoms with Crippen molar-refractivity contribution in [1.82, 2.24) is 9.97 Å². The highest BCUT2D eigenvalue weighted by molar-refractivity contribution is 7.92. The van der Waals surface area contributed by atoms with E-state index < -0.39 is 10.0 Å². The number of sulfonamides is 1. The maximum atomic E-state index is 13.2. The molecule has 1 aliphatic rings. The highest BCUT2D eigenvalue weighted by atomic mass is 32.2. The van der Waals surface area contributed by atoms with Gasteiger partial charge in [-0.1, -0.05) is 6.07 Å². The summed E-state index contributed by atoms with van der Waals surface area (Å²) in [5.41, 5.74) is 2.80. The molecule has 26 heavy (non-hydrogen) atoms. The molecule has 2 aromatic heterocycles. The van der Waals surface area contributed by atoms with E-state index in [2.05, 4.69) is 9.97 Å².